The van der Waals surface area contributed by atoms with E-state index in [1.165, 1.54) is 18.2 Å². The molecule has 1 amide bonds. The zero-order chi connectivity index (χ0) is 13.1. The van der Waals surface area contributed by atoms with Gasteiger partial charge in [0.1, 0.15) is 0 Å². The van der Waals surface area contributed by atoms with Gasteiger partial charge in [-0.05, 0) is 40.8 Å². The summed E-state index contributed by atoms with van der Waals surface area (Å²) in [5.74, 6) is -0.214. The Hall–Kier alpha value is -0.710. The zero-order valence-corrected chi connectivity index (χ0v) is 11.8. The zero-order valence-electron chi connectivity index (χ0n) is 8.81. The highest BCUT2D eigenvalue weighted by molar-refractivity contribution is 14.1. The van der Waals surface area contributed by atoms with E-state index >= 15 is 0 Å². The Balaban J connectivity index is 2.95. The topological polar surface area (TPSA) is 115 Å². The summed E-state index contributed by atoms with van der Waals surface area (Å²) in [6.45, 7) is 0.262. The molecule has 0 fully saturated rings. The summed E-state index contributed by atoms with van der Waals surface area (Å²) in [6, 6.07) is 4.24. The van der Waals surface area contributed by atoms with Crippen LogP contribution in [0.5, 0.6) is 0 Å². The van der Waals surface area contributed by atoms with Gasteiger partial charge in [-0.25, -0.2) is 13.6 Å². The molecule has 0 aromatic heterocycles. The van der Waals surface area contributed by atoms with E-state index in [-0.39, 0.29) is 23.8 Å². The molecule has 5 N–H and O–H groups in total. The minimum absolute atomic E-state index is 0.0127. The van der Waals surface area contributed by atoms with Crippen molar-refractivity contribution in [3.8, 4) is 0 Å². The second-order valence-electron chi connectivity index (χ2n) is 3.27. The predicted molar refractivity (Wildman–Crippen MR) is 72.8 cm³/mol. The highest BCUT2D eigenvalue weighted by Crippen LogP contribution is 2.21. The lowest BCUT2D eigenvalue weighted by atomic mass is 10.3. The minimum atomic E-state index is -3.72. The molecule has 94 valence electrons. The first-order valence-electron chi connectivity index (χ1n) is 4.67. The largest absolute Gasteiger partial charge is 0.330 e. The van der Waals surface area contributed by atoms with Gasteiger partial charge in [-0.1, -0.05) is 0 Å². The first-order chi connectivity index (χ1) is 7.84. The van der Waals surface area contributed by atoms with E-state index in [0.717, 1.165) is 0 Å². The Labute approximate surface area is 113 Å². The van der Waals surface area contributed by atoms with Gasteiger partial charge in [0.2, 0.25) is 15.9 Å². The standard InChI is InChI=1S/C9H12IN3O3S/c10-7-5-6(17(12,15)16)1-2-8(7)13-9(14)3-4-11/h1-2,5H,3-4,11H2,(H,13,14)(H2,12,15,16). The summed E-state index contributed by atoms with van der Waals surface area (Å²) in [5, 5.41) is 7.62. The van der Waals surface area contributed by atoms with Crippen LogP contribution in [-0.4, -0.2) is 20.9 Å². The average Bonchev–Trinajstić information content (AvgIpc) is 2.20. The summed E-state index contributed by atoms with van der Waals surface area (Å²) < 4.78 is 22.8. The van der Waals surface area contributed by atoms with Gasteiger partial charge in [-0.15, -0.1) is 0 Å². The fourth-order valence-corrected chi connectivity index (χ4v) is 2.52. The highest BCUT2D eigenvalue weighted by Gasteiger charge is 2.11. The molecule has 0 aliphatic heterocycles. The Morgan fingerprint density at radius 1 is 1.41 bits per heavy atom. The summed E-state index contributed by atoms with van der Waals surface area (Å²) in [7, 11) is -3.72. The molecule has 1 aromatic carbocycles. The SMILES string of the molecule is NCCC(=O)Nc1ccc(S(N)(=O)=O)cc1I. The maximum absolute atomic E-state index is 11.3. The van der Waals surface area contributed by atoms with Crippen LogP contribution in [0.1, 0.15) is 6.42 Å². The number of benzene rings is 1. The van der Waals surface area contributed by atoms with E-state index in [9.17, 15) is 13.2 Å². The number of nitrogens with one attached hydrogen (secondary N) is 1. The second-order valence-corrected chi connectivity index (χ2v) is 6.00. The monoisotopic (exact) mass is 369 g/mol. The summed E-state index contributed by atoms with van der Waals surface area (Å²) in [6.07, 6.45) is 0.215. The maximum Gasteiger partial charge on any atom is 0.238 e. The van der Waals surface area contributed by atoms with E-state index < -0.39 is 10.0 Å². The molecular formula is C9H12IN3O3S. The van der Waals surface area contributed by atoms with E-state index in [1.807, 2.05) is 22.6 Å². The average molecular weight is 369 g/mol. The molecule has 0 spiro atoms. The Bertz CT molecular complexity index is 530. The van der Waals surface area contributed by atoms with E-state index in [2.05, 4.69) is 5.32 Å². The molecule has 0 atom stereocenters. The van der Waals surface area contributed by atoms with Crippen molar-refractivity contribution in [3.63, 3.8) is 0 Å². The number of sulfonamides is 1. The van der Waals surface area contributed by atoms with Crippen molar-refractivity contribution in [2.45, 2.75) is 11.3 Å². The lowest BCUT2D eigenvalue weighted by Gasteiger charge is -2.08. The smallest absolute Gasteiger partial charge is 0.238 e. The number of primary sulfonamides is 1. The highest BCUT2D eigenvalue weighted by atomic mass is 127. The molecule has 0 aliphatic carbocycles. The molecule has 1 aromatic rings. The van der Waals surface area contributed by atoms with Crippen LogP contribution in [-0.2, 0) is 14.8 Å². The van der Waals surface area contributed by atoms with Crippen molar-refractivity contribution in [2.24, 2.45) is 10.9 Å². The van der Waals surface area contributed by atoms with Crippen LogP contribution in [0.4, 0.5) is 5.69 Å². The molecule has 0 radical (unpaired) electrons. The van der Waals surface area contributed by atoms with Crippen LogP contribution in [0, 0.1) is 3.57 Å². The second kappa shape index (κ2) is 5.76. The Kier molecular flexibility index (Phi) is 4.86. The number of nitrogens with two attached hydrogens (primary N) is 2. The van der Waals surface area contributed by atoms with Gasteiger partial charge < -0.3 is 11.1 Å². The number of hydrogen-bond acceptors (Lipinski definition) is 4. The number of rotatable bonds is 4. The number of amides is 1. The lowest BCUT2D eigenvalue weighted by molar-refractivity contribution is -0.116. The van der Waals surface area contributed by atoms with Gasteiger partial charge in [0.15, 0.2) is 0 Å². The van der Waals surface area contributed by atoms with E-state index in [0.29, 0.717) is 9.26 Å². The molecule has 0 aliphatic rings. The third kappa shape index (κ3) is 4.22. The molecule has 6 nitrogen and oxygen atoms in total. The van der Waals surface area contributed by atoms with Crippen molar-refractivity contribution in [1.29, 1.82) is 0 Å². The van der Waals surface area contributed by atoms with Gasteiger partial charge in [0, 0.05) is 16.5 Å². The third-order valence-electron chi connectivity index (χ3n) is 1.91. The Morgan fingerprint density at radius 2 is 2.06 bits per heavy atom. The van der Waals surface area contributed by atoms with Crippen molar-refractivity contribution < 1.29 is 13.2 Å². The molecule has 8 heteroatoms. The van der Waals surface area contributed by atoms with E-state index in [4.69, 9.17) is 10.9 Å². The van der Waals surface area contributed by atoms with Crippen LogP contribution >= 0.6 is 22.6 Å². The molecule has 0 heterocycles. The number of hydrogen-bond donors (Lipinski definition) is 3. The molecule has 1 rings (SSSR count). The third-order valence-corrected chi connectivity index (χ3v) is 3.72. The van der Waals surface area contributed by atoms with Crippen LogP contribution in [0.15, 0.2) is 23.1 Å². The fraction of sp³-hybridized carbons (Fsp3) is 0.222. The van der Waals surface area contributed by atoms with Crippen LogP contribution < -0.4 is 16.2 Å². The maximum atomic E-state index is 11.3. The van der Waals surface area contributed by atoms with Crippen LogP contribution in [0.25, 0.3) is 0 Å². The normalized spacial score (nSPS) is 11.2. The van der Waals surface area contributed by atoms with Gasteiger partial charge >= 0.3 is 0 Å². The van der Waals surface area contributed by atoms with Gasteiger partial charge in [-0.2, -0.15) is 0 Å². The molecule has 0 unspecified atom stereocenters. The first kappa shape index (κ1) is 14.4. The molecular weight excluding hydrogens is 357 g/mol. The van der Waals surface area contributed by atoms with Crippen molar-refractivity contribution in [1.82, 2.24) is 0 Å². The van der Waals surface area contributed by atoms with Crippen molar-refractivity contribution in [3.05, 3.63) is 21.8 Å². The lowest BCUT2D eigenvalue weighted by Crippen LogP contribution is -2.17. The molecule has 0 saturated carbocycles. The van der Waals surface area contributed by atoms with Gasteiger partial charge in [-0.3, -0.25) is 4.79 Å². The number of anilines is 1. The molecule has 17 heavy (non-hydrogen) atoms. The van der Waals surface area contributed by atoms with Crippen molar-refractivity contribution in [2.75, 3.05) is 11.9 Å². The number of carbonyl (C=O) groups excluding carboxylic acids is 1. The van der Waals surface area contributed by atoms with Gasteiger partial charge in [0.25, 0.3) is 0 Å². The van der Waals surface area contributed by atoms with Crippen LogP contribution in [0.2, 0.25) is 0 Å². The summed E-state index contributed by atoms with van der Waals surface area (Å²) >= 11 is 1.92. The van der Waals surface area contributed by atoms with Gasteiger partial charge in [0.05, 0.1) is 10.6 Å². The first-order valence-corrected chi connectivity index (χ1v) is 7.29. The minimum Gasteiger partial charge on any atom is -0.330 e. The van der Waals surface area contributed by atoms with E-state index in [1.54, 1.807) is 0 Å². The van der Waals surface area contributed by atoms with Crippen LogP contribution in [0.3, 0.4) is 0 Å². The molecule has 0 bridgehead atoms. The molecule has 0 saturated heterocycles. The quantitative estimate of drug-likeness (QED) is 0.659. The summed E-state index contributed by atoms with van der Waals surface area (Å²) in [5.41, 5.74) is 5.78. The number of halogens is 1. The fourth-order valence-electron chi connectivity index (χ4n) is 1.12. The van der Waals surface area contributed by atoms with Crippen molar-refractivity contribution >= 4 is 44.2 Å². The number of carbonyl (C=O) groups is 1. The predicted octanol–water partition coefficient (Wildman–Crippen LogP) is 0.226. The Morgan fingerprint density at radius 3 is 2.53 bits per heavy atom. The summed E-state index contributed by atoms with van der Waals surface area (Å²) in [4.78, 5) is 11.3.